The molecule has 1 unspecified atom stereocenters. The van der Waals surface area contributed by atoms with Crippen LogP contribution in [0.5, 0.6) is 0 Å². The summed E-state index contributed by atoms with van der Waals surface area (Å²) in [6.45, 7) is 2.69. The van der Waals surface area contributed by atoms with Crippen molar-refractivity contribution in [3.8, 4) is 0 Å². The molecule has 1 saturated heterocycles. The maximum absolute atomic E-state index is 13.8. The summed E-state index contributed by atoms with van der Waals surface area (Å²) in [6, 6.07) is 4.91. The molecule has 1 heterocycles. The third-order valence-electron chi connectivity index (χ3n) is 3.77. The average molecular weight is 261 g/mol. The highest BCUT2D eigenvalue weighted by molar-refractivity contribution is 6.09. The van der Waals surface area contributed by atoms with E-state index in [-0.39, 0.29) is 11.7 Å². The monoisotopic (exact) mass is 261 g/mol. The van der Waals surface area contributed by atoms with E-state index in [1.165, 1.54) is 6.07 Å². The van der Waals surface area contributed by atoms with Crippen molar-refractivity contribution in [3.05, 3.63) is 35.1 Å². The standard InChI is InChI=1S/C14H16FN3O/c1-2-8-16-13-17-12(19)14(18-13)7-6-9-10(14)4-3-5-11(9)15/h3-5H,2,6-8H2,1H3,(H2,16,17,18,19). The number of carbonyl (C=O) groups excluding carboxylic acids is 1. The molecule has 5 heteroatoms. The van der Waals surface area contributed by atoms with Crippen LogP contribution in [0.2, 0.25) is 0 Å². The first-order chi connectivity index (χ1) is 9.17. The van der Waals surface area contributed by atoms with Gasteiger partial charge in [-0.15, -0.1) is 0 Å². The van der Waals surface area contributed by atoms with E-state index >= 15 is 0 Å². The first-order valence-corrected chi connectivity index (χ1v) is 6.59. The molecule has 1 spiro atoms. The maximum atomic E-state index is 13.8. The van der Waals surface area contributed by atoms with Gasteiger partial charge in [-0.2, -0.15) is 0 Å². The second-order valence-electron chi connectivity index (χ2n) is 4.98. The van der Waals surface area contributed by atoms with Gasteiger partial charge < -0.3 is 5.32 Å². The lowest BCUT2D eigenvalue weighted by atomic mass is 9.92. The van der Waals surface area contributed by atoms with E-state index in [4.69, 9.17) is 0 Å². The summed E-state index contributed by atoms with van der Waals surface area (Å²) in [4.78, 5) is 16.6. The molecule has 4 nitrogen and oxygen atoms in total. The van der Waals surface area contributed by atoms with Gasteiger partial charge in [-0.05, 0) is 36.5 Å². The molecule has 3 rings (SSSR count). The van der Waals surface area contributed by atoms with E-state index < -0.39 is 5.54 Å². The van der Waals surface area contributed by atoms with Crippen molar-refractivity contribution in [3.63, 3.8) is 0 Å². The second kappa shape index (κ2) is 4.33. The van der Waals surface area contributed by atoms with Crippen LogP contribution in [0, 0.1) is 5.82 Å². The molecule has 0 radical (unpaired) electrons. The van der Waals surface area contributed by atoms with Gasteiger partial charge >= 0.3 is 0 Å². The number of nitrogens with zero attached hydrogens (tertiary/aromatic N) is 1. The average Bonchev–Trinajstić information content (AvgIpc) is 2.92. The van der Waals surface area contributed by atoms with Crippen LogP contribution in [0.3, 0.4) is 0 Å². The Bertz CT molecular complexity index is 570. The van der Waals surface area contributed by atoms with Crippen molar-refractivity contribution >= 4 is 11.9 Å². The fourth-order valence-electron chi connectivity index (χ4n) is 2.83. The smallest absolute Gasteiger partial charge is 0.257 e. The van der Waals surface area contributed by atoms with Crippen molar-refractivity contribution in [1.82, 2.24) is 10.6 Å². The van der Waals surface area contributed by atoms with Gasteiger partial charge in [0.25, 0.3) is 5.91 Å². The molecule has 2 N–H and O–H groups in total. The van der Waals surface area contributed by atoms with Crippen LogP contribution in [0.25, 0.3) is 0 Å². The zero-order valence-corrected chi connectivity index (χ0v) is 10.8. The highest BCUT2D eigenvalue weighted by Gasteiger charge is 2.51. The Morgan fingerprint density at radius 3 is 3.11 bits per heavy atom. The van der Waals surface area contributed by atoms with Gasteiger partial charge in [-0.25, -0.2) is 4.39 Å². The van der Waals surface area contributed by atoms with Gasteiger partial charge in [0.1, 0.15) is 11.4 Å². The molecule has 2 aliphatic rings. The molecule has 1 aliphatic carbocycles. The highest BCUT2D eigenvalue weighted by Crippen LogP contribution is 2.39. The van der Waals surface area contributed by atoms with Crippen LogP contribution < -0.4 is 10.6 Å². The number of hydrogen-bond acceptors (Lipinski definition) is 2. The zero-order valence-electron chi connectivity index (χ0n) is 10.8. The van der Waals surface area contributed by atoms with Gasteiger partial charge in [0.05, 0.1) is 0 Å². The molecule has 0 bridgehead atoms. The van der Waals surface area contributed by atoms with Gasteiger partial charge in [0.15, 0.2) is 5.96 Å². The quantitative estimate of drug-likeness (QED) is 0.846. The predicted octanol–water partition coefficient (Wildman–Crippen LogP) is 1.45. The SMILES string of the molecule is CCCN=C1NC(=O)C2(CCc3c(F)cccc32)N1. The number of halogens is 1. The Morgan fingerprint density at radius 2 is 2.32 bits per heavy atom. The fourth-order valence-corrected chi connectivity index (χ4v) is 2.83. The minimum absolute atomic E-state index is 0.133. The normalized spacial score (nSPS) is 26.6. The number of nitrogens with one attached hydrogen (secondary N) is 2. The summed E-state index contributed by atoms with van der Waals surface area (Å²) in [5.41, 5.74) is 0.554. The molecular formula is C14H16FN3O. The molecule has 0 aromatic heterocycles. The van der Waals surface area contributed by atoms with E-state index in [1.807, 2.05) is 13.0 Å². The Labute approximate surface area is 111 Å². The van der Waals surface area contributed by atoms with E-state index in [1.54, 1.807) is 6.07 Å². The maximum Gasteiger partial charge on any atom is 0.257 e. The number of aliphatic imine (C=N–C) groups is 1. The molecule has 100 valence electrons. The Kier molecular flexibility index (Phi) is 2.77. The predicted molar refractivity (Wildman–Crippen MR) is 70.3 cm³/mol. The highest BCUT2D eigenvalue weighted by atomic mass is 19.1. The van der Waals surface area contributed by atoms with Crippen LogP contribution in [0.4, 0.5) is 4.39 Å². The summed E-state index contributed by atoms with van der Waals surface area (Å²) in [5, 5.41) is 5.92. The van der Waals surface area contributed by atoms with Crippen molar-refractivity contribution in [1.29, 1.82) is 0 Å². The fraction of sp³-hybridized carbons (Fsp3) is 0.429. The summed E-state index contributed by atoms with van der Waals surface area (Å²) in [5.74, 6) is 0.138. The third-order valence-corrected chi connectivity index (χ3v) is 3.77. The van der Waals surface area contributed by atoms with Gasteiger partial charge in [0.2, 0.25) is 0 Å². The number of carbonyl (C=O) groups is 1. The number of rotatable bonds is 2. The summed E-state index contributed by atoms with van der Waals surface area (Å²) in [6.07, 6.45) is 2.06. The summed E-state index contributed by atoms with van der Waals surface area (Å²) in [7, 11) is 0. The molecule has 1 atom stereocenters. The molecule has 1 amide bonds. The molecule has 1 fully saturated rings. The number of guanidine groups is 1. The lowest BCUT2D eigenvalue weighted by Gasteiger charge is -2.21. The zero-order chi connectivity index (χ0) is 13.5. The molecular weight excluding hydrogens is 245 g/mol. The first kappa shape index (κ1) is 12.1. The minimum Gasteiger partial charge on any atom is -0.338 e. The van der Waals surface area contributed by atoms with E-state index in [0.29, 0.717) is 30.9 Å². The summed E-state index contributed by atoms with van der Waals surface area (Å²) < 4.78 is 13.8. The van der Waals surface area contributed by atoms with Gasteiger partial charge in [-0.3, -0.25) is 15.1 Å². The van der Waals surface area contributed by atoms with E-state index in [0.717, 1.165) is 12.0 Å². The molecule has 1 aliphatic heterocycles. The van der Waals surface area contributed by atoms with Gasteiger partial charge in [0, 0.05) is 6.54 Å². The number of amides is 1. The molecule has 1 aromatic carbocycles. The summed E-state index contributed by atoms with van der Waals surface area (Å²) >= 11 is 0. The molecule has 19 heavy (non-hydrogen) atoms. The Hall–Kier alpha value is -1.91. The minimum atomic E-state index is -0.829. The van der Waals surface area contributed by atoms with Crippen LogP contribution in [0.15, 0.2) is 23.2 Å². The Balaban J connectivity index is 2.00. The van der Waals surface area contributed by atoms with Crippen molar-refractivity contribution < 1.29 is 9.18 Å². The molecule has 0 saturated carbocycles. The lowest BCUT2D eigenvalue weighted by molar-refractivity contribution is -0.124. The Morgan fingerprint density at radius 1 is 1.47 bits per heavy atom. The van der Waals surface area contributed by atoms with Crippen molar-refractivity contribution in [2.75, 3.05) is 6.54 Å². The first-order valence-electron chi connectivity index (χ1n) is 6.59. The number of benzene rings is 1. The largest absolute Gasteiger partial charge is 0.338 e. The van der Waals surface area contributed by atoms with Gasteiger partial charge in [-0.1, -0.05) is 19.1 Å². The van der Waals surface area contributed by atoms with Crippen LogP contribution in [-0.2, 0) is 16.8 Å². The van der Waals surface area contributed by atoms with E-state index in [9.17, 15) is 9.18 Å². The van der Waals surface area contributed by atoms with Crippen LogP contribution in [-0.4, -0.2) is 18.4 Å². The van der Waals surface area contributed by atoms with Crippen LogP contribution in [0.1, 0.15) is 30.9 Å². The number of hydrogen-bond donors (Lipinski definition) is 2. The topological polar surface area (TPSA) is 53.5 Å². The van der Waals surface area contributed by atoms with Crippen LogP contribution >= 0.6 is 0 Å². The number of fused-ring (bicyclic) bond motifs is 2. The van der Waals surface area contributed by atoms with E-state index in [2.05, 4.69) is 15.6 Å². The second-order valence-corrected chi connectivity index (χ2v) is 4.98. The van der Waals surface area contributed by atoms with Crippen molar-refractivity contribution in [2.45, 2.75) is 31.7 Å². The molecule has 1 aromatic rings. The van der Waals surface area contributed by atoms with Crippen molar-refractivity contribution in [2.24, 2.45) is 4.99 Å². The lowest BCUT2D eigenvalue weighted by Crippen LogP contribution is -2.41. The third kappa shape index (κ3) is 1.72.